The molecule has 7 heteroatoms. The third-order valence-electron chi connectivity index (χ3n) is 5.10. The Bertz CT molecular complexity index is 701. The smallest absolute Gasteiger partial charge is 0.308 e. The number of carboxylic acids is 1. The summed E-state index contributed by atoms with van der Waals surface area (Å²) in [6.07, 6.45) is 5.90. The van der Waals surface area contributed by atoms with Gasteiger partial charge in [0.15, 0.2) is 6.61 Å². The third-order valence-corrected chi connectivity index (χ3v) is 5.10. The highest BCUT2D eigenvalue weighted by Crippen LogP contribution is 2.30. The normalized spacial score (nSPS) is 22.4. The summed E-state index contributed by atoms with van der Waals surface area (Å²) < 4.78 is 5.52. The van der Waals surface area contributed by atoms with Crippen molar-refractivity contribution in [2.24, 2.45) is 11.8 Å². The Morgan fingerprint density at radius 2 is 1.85 bits per heavy atom. The Morgan fingerprint density at radius 1 is 1.07 bits per heavy atom. The lowest BCUT2D eigenvalue weighted by atomic mass is 9.95. The molecule has 146 valence electrons. The number of aliphatic carboxylic acids is 1. The molecule has 2 amide bonds. The first kappa shape index (κ1) is 19.2. The van der Waals surface area contributed by atoms with Crippen LogP contribution >= 0.6 is 0 Å². The first-order valence-electron chi connectivity index (χ1n) is 9.59. The van der Waals surface area contributed by atoms with Crippen LogP contribution in [0.25, 0.3) is 0 Å². The number of anilines is 1. The van der Waals surface area contributed by atoms with E-state index in [1.165, 1.54) is 0 Å². The van der Waals surface area contributed by atoms with Gasteiger partial charge in [-0.05, 0) is 37.8 Å². The highest BCUT2D eigenvalue weighted by Gasteiger charge is 2.31. The van der Waals surface area contributed by atoms with E-state index >= 15 is 0 Å². The summed E-state index contributed by atoms with van der Waals surface area (Å²) in [5, 5.41) is 15.0. The van der Waals surface area contributed by atoms with Crippen LogP contribution in [-0.2, 0) is 14.4 Å². The zero-order chi connectivity index (χ0) is 19.2. The molecule has 2 aliphatic carbocycles. The number of carboxylic acid groups (broad SMARTS) is 1. The van der Waals surface area contributed by atoms with E-state index in [-0.39, 0.29) is 30.4 Å². The summed E-state index contributed by atoms with van der Waals surface area (Å²) in [6, 6.07) is 6.56. The second-order valence-electron chi connectivity index (χ2n) is 7.34. The molecule has 0 aromatic heterocycles. The van der Waals surface area contributed by atoms with Gasteiger partial charge >= 0.3 is 5.97 Å². The summed E-state index contributed by atoms with van der Waals surface area (Å²) in [6.45, 7) is -0.192. The van der Waals surface area contributed by atoms with Gasteiger partial charge in [-0.1, -0.05) is 25.3 Å². The number of benzene rings is 1. The maximum atomic E-state index is 12.2. The molecule has 1 aromatic rings. The molecule has 27 heavy (non-hydrogen) atoms. The Hall–Kier alpha value is -2.57. The largest absolute Gasteiger partial charge is 0.484 e. The van der Waals surface area contributed by atoms with E-state index in [1.54, 1.807) is 24.3 Å². The minimum Gasteiger partial charge on any atom is -0.484 e. The molecule has 0 spiro atoms. The second-order valence-corrected chi connectivity index (χ2v) is 7.34. The molecular weight excluding hydrogens is 348 g/mol. The van der Waals surface area contributed by atoms with E-state index in [2.05, 4.69) is 10.6 Å². The summed E-state index contributed by atoms with van der Waals surface area (Å²) >= 11 is 0. The number of carbonyl (C=O) groups excluding carboxylic acids is 2. The van der Waals surface area contributed by atoms with Gasteiger partial charge in [-0.3, -0.25) is 14.4 Å². The van der Waals surface area contributed by atoms with E-state index < -0.39 is 11.9 Å². The topological polar surface area (TPSA) is 105 Å². The van der Waals surface area contributed by atoms with Crippen molar-refractivity contribution in [3.05, 3.63) is 24.3 Å². The van der Waals surface area contributed by atoms with Gasteiger partial charge in [0.05, 0.1) is 5.92 Å². The van der Waals surface area contributed by atoms with Crippen LogP contribution in [0, 0.1) is 11.8 Å². The molecule has 7 nitrogen and oxygen atoms in total. The van der Waals surface area contributed by atoms with Crippen molar-refractivity contribution >= 4 is 23.5 Å². The Kier molecular flexibility index (Phi) is 6.32. The highest BCUT2D eigenvalue weighted by molar-refractivity contribution is 5.94. The van der Waals surface area contributed by atoms with Gasteiger partial charge in [-0.25, -0.2) is 0 Å². The lowest BCUT2D eigenvalue weighted by Gasteiger charge is -2.22. The molecule has 2 aliphatic rings. The zero-order valence-corrected chi connectivity index (χ0v) is 15.3. The van der Waals surface area contributed by atoms with Crippen molar-refractivity contribution in [2.45, 2.75) is 51.0 Å². The lowest BCUT2D eigenvalue weighted by molar-refractivity contribution is -0.143. The molecule has 3 rings (SSSR count). The van der Waals surface area contributed by atoms with Crippen LogP contribution in [0.2, 0.25) is 0 Å². The molecule has 2 atom stereocenters. The molecule has 2 fully saturated rings. The van der Waals surface area contributed by atoms with Crippen LogP contribution in [0.4, 0.5) is 5.69 Å². The van der Waals surface area contributed by atoms with E-state index in [0.717, 1.165) is 32.1 Å². The van der Waals surface area contributed by atoms with Crippen molar-refractivity contribution in [3.63, 3.8) is 0 Å². The molecule has 0 unspecified atom stereocenters. The van der Waals surface area contributed by atoms with Gasteiger partial charge in [-0.15, -0.1) is 0 Å². The average molecular weight is 374 g/mol. The van der Waals surface area contributed by atoms with Crippen molar-refractivity contribution in [3.8, 4) is 5.75 Å². The molecular formula is C20H26N2O5. The molecule has 0 bridgehead atoms. The number of carbonyl (C=O) groups is 3. The first-order valence-corrected chi connectivity index (χ1v) is 9.59. The van der Waals surface area contributed by atoms with Crippen molar-refractivity contribution in [1.82, 2.24) is 5.32 Å². The van der Waals surface area contributed by atoms with Gasteiger partial charge in [-0.2, -0.15) is 0 Å². The SMILES string of the molecule is O=C(COc1cccc(NC(=O)C2CC2)c1)N[C@H]1CCCCC[C@H]1C(=O)O. The number of amides is 2. The molecule has 1 aromatic carbocycles. The van der Waals surface area contributed by atoms with E-state index in [9.17, 15) is 19.5 Å². The molecule has 0 aliphatic heterocycles. The zero-order valence-electron chi connectivity index (χ0n) is 15.3. The number of nitrogens with one attached hydrogen (secondary N) is 2. The summed E-state index contributed by atoms with van der Waals surface area (Å²) in [5.74, 6) is -1.13. The fraction of sp³-hybridized carbons (Fsp3) is 0.550. The summed E-state index contributed by atoms with van der Waals surface area (Å²) in [7, 11) is 0. The Labute approximate surface area is 158 Å². The van der Waals surface area contributed by atoms with Gasteiger partial charge in [0, 0.05) is 23.7 Å². The molecule has 3 N–H and O–H groups in total. The maximum Gasteiger partial charge on any atom is 0.308 e. The van der Waals surface area contributed by atoms with Crippen LogP contribution in [-0.4, -0.2) is 35.5 Å². The standard InChI is InChI=1S/C20H26N2O5/c23-18(22-17-8-3-1-2-7-16(17)20(25)26)12-27-15-6-4-5-14(11-15)21-19(24)13-9-10-13/h4-6,11,13,16-17H,1-3,7-10,12H2,(H,21,24)(H,22,23)(H,25,26)/t16-,17+/m1/s1. The quantitative estimate of drug-likeness (QED) is 0.636. The molecule has 0 saturated heterocycles. The number of hydrogen-bond donors (Lipinski definition) is 3. The van der Waals surface area contributed by atoms with E-state index in [0.29, 0.717) is 24.3 Å². The molecule has 2 saturated carbocycles. The van der Waals surface area contributed by atoms with Gasteiger partial charge in [0.1, 0.15) is 5.75 Å². The monoisotopic (exact) mass is 374 g/mol. The van der Waals surface area contributed by atoms with Crippen LogP contribution in [0.3, 0.4) is 0 Å². The molecule has 0 radical (unpaired) electrons. The first-order chi connectivity index (χ1) is 13.0. The number of rotatable bonds is 7. The minimum absolute atomic E-state index is 0.0120. The third kappa shape index (κ3) is 5.70. The van der Waals surface area contributed by atoms with Crippen molar-refractivity contribution in [1.29, 1.82) is 0 Å². The van der Waals surface area contributed by atoms with Crippen LogP contribution < -0.4 is 15.4 Å². The fourth-order valence-electron chi connectivity index (χ4n) is 3.43. The van der Waals surface area contributed by atoms with Crippen LogP contribution in [0.5, 0.6) is 5.75 Å². The van der Waals surface area contributed by atoms with Crippen molar-refractivity contribution in [2.75, 3.05) is 11.9 Å². The second kappa shape index (κ2) is 8.88. The van der Waals surface area contributed by atoms with E-state index in [1.807, 2.05) is 0 Å². The number of ether oxygens (including phenoxy) is 1. The predicted octanol–water partition coefficient (Wildman–Crippen LogP) is 2.56. The van der Waals surface area contributed by atoms with E-state index in [4.69, 9.17) is 4.74 Å². The predicted molar refractivity (Wildman–Crippen MR) is 99.4 cm³/mol. The van der Waals surface area contributed by atoms with Gasteiger partial charge < -0.3 is 20.5 Å². The number of hydrogen-bond acceptors (Lipinski definition) is 4. The average Bonchev–Trinajstić information content (AvgIpc) is 3.48. The minimum atomic E-state index is -0.859. The van der Waals surface area contributed by atoms with Gasteiger partial charge in [0.2, 0.25) is 5.91 Å². The van der Waals surface area contributed by atoms with Crippen LogP contribution in [0.15, 0.2) is 24.3 Å². The Balaban J connectivity index is 1.50. The summed E-state index contributed by atoms with van der Waals surface area (Å²) in [5.41, 5.74) is 0.638. The fourth-order valence-corrected chi connectivity index (χ4v) is 3.43. The molecule has 0 heterocycles. The Morgan fingerprint density at radius 3 is 2.59 bits per heavy atom. The maximum absolute atomic E-state index is 12.2. The summed E-state index contributed by atoms with van der Waals surface area (Å²) in [4.78, 5) is 35.5. The van der Waals surface area contributed by atoms with Gasteiger partial charge in [0.25, 0.3) is 5.91 Å². The highest BCUT2D eigenvalue weighted by atomic mass is 16.5. The van der Waals surface area contributed by atoms with Crippen LogP contribution in [0.1, 0.15) is 44.9 Å². The van der Waals surface area contributed by atoms with Crippen molar-refractivity contribution < 1.29 is 24.2 Å². The lowest BCUT2D eigenvalue weighted by Crippen LogP contribution is -2.44.